The van der Waals surface area contributed by atoms with Crippen LogP contribution in [0.3, 0.4) is 0 Å². The minimum atomic E-state index is -0.456. The van der Waals surface area contributed by atoms with Crippen molar-refractivity contribution in [2.75, 3.05) is 19.7 Å². The summed E-state index contributed by atoms with van der Waals surface area (Å²) in [6.07, 6.45) is 1.64. The number of quaternary nitrogens is 1. The zero-order valence-electron chi connectivity index (χ0n) is 17.8. The van der Waals surface area contributed by atoms with E-state index in [0.717, 1.165) is 48.1 Å². The number of carbonyl (C=O) groups excluding carboxylic acids is 2. The molecule has 1 aromatic heterocycles. The molecule has 0 radical (unpaired) electrons. The lowest BCUT2D eigenvalue weighted by Gasteiger charge is -2.27. The fourth-order valence-electron chi connectivity index (χ4n) is 4.12. The number of ether oxygens (including phenoxy) is 1. The molecule has 0 saturated carbocycles. The Morgan fingerprint density at radius 3 is 2.68 bits per heavy atom. The summed E-state index contributed by atoms with van der Waals surface area (Å²) in [5.41, 5.74) is 4.50. The highest BCUT2D eigenvalue weighted by molar-refractivity contribution is 6.05. The van der Waals surface area contributed by atoms with Crippen LogP contribution < -0.4 is 10.2 Å². The highest BCUT2D eigenvalue weighted by atomic mass is 16.5. The lowest BCUT2D eigenvalue weighted by Crippen LogP contribution is -3.10. The summed E-state index contributed by atoms with van der Waals surface area (Å²) in [5, 5.41) is 3.52. The second kappa shape index (κ2) is 9.71. The first-order valence-corrected chi connectivity index (χ1v) is 10.9. The summed E-state index contributed by atoms with van der Waals surface area (Å²) in [5.74, 6) is -0.735. The fraction of sp³-hybridized carbons (Fsp3) is 0.320. The van der Waals surface area contributed by atoms with Crippen molar-refractivity contribution in [2.24, 2.45) is 0 Å². The number of nitrogens with zero attached hydrogens (tertiary/aromatic N) is 1. The molecule has 1 amide bonds. The number of aromatic nitrogens is 1. The van der Waals surface area contributed by atoms with E-state index in [0.29, 0.717) is 18.7 Å². The van der Waals surface area contributed by atoms with Gasteiger partial charge in [0, 0.05) is 29.5 Å². The Kier molecular flexibility index (Phi) is 6.57. The molecule has 4 rings (SSSR count). The predicted molar refractivity (Wildman–Crippen MR) is 119 cm³/mol. The van der Waals surface area contributed by atoms with Gasteiger partial charge in [-0.1, -0.05) is 55.5 Å². The van der Waals surface area contributed by atoms with Gasteiger partial charge in [-0.05, 0) is 12.5 Å². The number of hydrogen-bond acceptors (Lipinski definition) is 4. The van der Waals surface area contributed by atoms with Crippen LogP contribution in [-0.4, -0.2) is 36.6 Å². The molecule has 0 aliphatic carbocycles. The molecule has 6 nitrogen and oxygen atoms in total. The first-order valence-electron chi connectivity index (χ1n) is 10.9. The number of pyridine rings is 1. The van der Waals surface area contributed by atoms with Crippen molar-refractivity contribution in [3.63, 3.8) is 0 Å². The van der Waals surface area contributed by atoms with Gasteiger partial charge < -0.3 is 15.0 Å². The molecule has 2 N–H and O–H groups in total. The molecule has 1 unspecified atom stereocenters. The van der Waals surface area contributed by atoms with Gasteiger partial charge in [0.05, 0.1) is 23.3 Å². The van der Waals surface area contributed by atoms with Crippen LogP contribution in [0, 0.1) is 0 Å². The monoisotopic (exact) mass is 418 g/mol. The van der Waals surface area contributed by atoms with Gasteiger partial charge in [-0.25, -0.2) is 4.79 Å². The first kappa shape index (κ1) is 21.0. The van der Waals surface area contributed by atoms with E-state index in [2.05, 4.69) is 17.4 Å². The van der Waals surface area contributed by atoms with Gasteiger partial charge in [-0.2, -0.15) is 0 Å². The van der Waals surface area contributed by atoms with Crippen LogP contribution in [-0.2, 0) is 29.0 Å². The van der Waals surface area contributed by atoms with E-state index < -0.39 is 5.97 Å². The van der Waals surface area contributed by atoms with Crippen LogP contribution in [0.1, 0.15) is 40.5 Å². The van der Waals surface area contributed by atoms with Crippen molar-refractivity contribution in [3.05, 3.63) is 77.0 Å². The minimum absolute atomic E-state index is 0.273. The van der Waals surface area contributed by atoms with E-state index in [1.807, 2.05) is 49.4 Å². The van der Waals surface area contributed by atoms with Gasteiger partial charge in [0.1, 0.15) is 13.1 Å². The number of fused-ring (bicyclic) bond motifs is 2. The van der Waals surface area contributed by atoms with Crippen LogP contribution in [0.2, 0.25) is 0 Å². The van der Waals surface area contributed by atoms with E-state index in [1.165, 1.54) is 10.5 Å². The molecule has 1 aliphatic rings. The molecule has 0 fully saturated rings. The molecule has 1 aliphatic heterocycles. The number of rotatable bonds is 7. The van der Waals surface area contributed by atoms with Crippen LogP contribution in [0.4, 0.5) is 0 Å². The second-order valence-corrected chi connectivity index (χ2v) is 7.94. The van der Waals surface area contributed by atoms with Crippen molar-refractivity contribution in [1.29, 1.82) is 0 Å². The lowest BCUT2D eigenvalue weighted by molar-refractivity contribution is -0.929. The van der Waals surface area contributed by atoms with E-state index in [-0.39, 0.29) is 12.5 Å². The summed E-state index contributed by atoms with van der Waals surface area (Å²) in [7, 11) is 0. The van der Waals surface area contributed by atoms with Crippen LogP contribution >= 0.6 is 0 Å². The smallest absolute Gasteiger partial charge is 0.339 e. The molecule has 1 atom stereocenters. The molecule has 0 bridgehead atoms. The fourth-order valence-corrected chi connectivity index (χ4v) is 4.12. The number of carbonyl (C=O) groups is 2. The molecular weight excluding hydrogens is 390 g/mol. The van der Waals surface area contributed by atoms with Gasteiger partial charge >= 0.3 is 5.97 Å². The van der Waals surface area contributed by atoms with E-state index in [4.69, 9.17) is 9.72 Å². The molecule has 2 heterocycles. The van der Waals surface area contributed by atoms with Crippen molar-refractivity contribution < 1.29 is 19.2 Å². The maximum atomic E-state index is 13.1. The summed E-state index contributed by atoms with van der Waals surface area (Å²) in [6, 6.07) is 18.0. The van der Waals surface area contributed by atoms with Crippen LogP contribution in [0.5, 0.6) is 0 Å². The van der Waals surface area contributed by atoms with Gasteiger partial charge in [0.2, 0.25) is 0 Å². The third kappa shape index (κ3) is 4.91. The van der Waals surface area contributed by atoms with E-state index in [9.17, 15) is 9.59 Å². The van der Waals surface area contributed by atoms with Gasteiger partial charge in [-0.3, -0.25) is 9.78 Å². The van der Waals surface area contributed by atoms with E-state index in [1.54, 1.807) is 0 Å². The van der Waals surface area contributed by atoms with Gasteiger partial charge in [0.15, 0.2) is 6.61 Å². The van der Waals surface area contributed by atoms with Crippen LogP contribution in [0.15, 0.2) is 54.6 Å². The number of nitrogens with one attached hydrogen (secondary N) is 2. The number of para-hydroxylation sites is 1. The minimum Gasteiger partial charge on any atom is -0.452 e. The summed E-state index contributed by atoms with van der Waals surface area (Å²) in [4.78, 5) is 31.3. The molecule has 0 spiro atoms. The Labute approximate surface area is 182 Å². The second-order valence-electron chi connectivity index (χ2n) is 7.94. The maximum Gasteiger partial charge on any atom is 0.339 e. The third-order valence-corrected chi connectivity index (χ3v) is 5.63. The van der Waals surface area contributed by atoms with E-state index >= 15 is 0 Å². The third-order valence-electron chi connectivity index (χ3n) is 5.63. The van der Waals surface area contributed by atoms with Crippen molar-refractivity contribution in [1.82, 2.24) is 10.3 Å². The van der Waals surface area contributed by atoms with Crippen molar-refractivity contribution in [3.8, 4) is 0 Å². The first-order chi connectivity index (χ1) is 15.2. The Morgan fingerprint density at radius 2 is 1.87 bits per heavy atom. The quantitative estimate of drug-likeness (QED) is 0.576. The molecule has 160 valence electrons. The molecule has 0 saturated heterocycles. The Balaban J connectivity index is 1.62. The number of benzene rings is 2. The van der Waals surface area contributed by atoms with Crippen molar-refractivity contribution in [2.45, 2.75) is 32.9 Å². The highest BCUT2D eigenvalue weighted by Gasteiger charge is 2.29. The number of esters is 1. The normalized spacial score (nSPS) is 15.3. The summed E-state index contributed by atoms with van der Waals surface area (Å²) >= 11 is 0. The Hall–Kier alpha value is -3.25. The molecule has 3 aromatic rings. The zero-order valence-corrected chi connectivity index (χ0v) is 17.8. The van der Waals surface area contributed by atoms with Crippen LogP contribution in [0.25, 0.3) is 10.9 Å². The molecular formula is C25H28N3O3+. The zero-order chi connectivity index (χ0) is 21.6. The Bertz CT molecular complexity index is 1080. The molecule has 31 heavy (non-hydrogen) atoms. The average molecular weight is 419 g/mol. The standard InChI is InChI=1S/C25H27N3O3/c1-2-13-26-23(29)17-31-25(30)24-19-10-6-7-11-21(19)27-22-12-14-28(16-20(22)24)15-18-8-4-3-5-9-18/h3-11H,2,12-17H2,1H3,(H,26,29)/p+1. The largest absolute Gasteiger partial charge is 0.452 e. The topological polar surface area (TPSA) is 72.7 Å². The van der Waals surface area contributed by atoms with Gasteiger partial charge in [-0.15, -0.1) is 0 Å². The van der Waals surface area contributed by atoms with Gasteiger partial charge in [0.25, 0.3) is 5.91 Å². The SMILES string of the molecule is CCCNC(=O)COC(=O)c1c2c(nc3ccccc13)CC[NH+](Cc1ccccc1)C2. The highest BCUT2D eigenvalue weighted by Crippen LogP contribution is 2.26. The summed E-state index contributed by atoms with van der Waals surface area (Å²) in [6.45, 7) is 4.83. The predicted octanol–water partition coefficient (Wildman–Crippen LogP) is 2.06. The lowest BCUT2D eigenvalue weighted by atomic mass is 9.95. The summed E-state index contributed by atoms with van der Waals surface area (Å²) < 4.78 is 5.43. The maximum absolute atomic E-state index is 13.1. The number of hydrogen-bond donors (Lipinski definition) is 2. The Morgan fingerprint density at radius 1 is 1.10 bits per heavy atom. The molecule has 2 aromatic carbocycles. The van der Waals surface area contributed by atoms with Crippen molar-refractivity contribution >= 4 is 22.8 Å². The average Bonchev–Trinajstić information content (AvgIpc) is 2.80. The number of amides is 1. The molecule has 6 heteroatoms.